The summed E-state index contributed by atoms with van der Waals surface area (Å²) >= 11 is 0.941. The molecule has 116 valence electrons. The van der Waals surface area contributed by atoms with E-state index in [-0.39, 0.29) is 16.4 Å². The summed E-state index contributed by atoms with van der Waals surface area (Å²) in [7, 11) is 0. The third-order valence-electron chi connectivity index (χ3n) is 2.99. The van der Waals surface area contributed by atoms with Crippen LogP contribution in [0.1, 0.15) is 9.67 Å². The molecule has 0 saturated carbocycles. The van der Waals surface area contributed by atoms with E-state index in [1.54, 1.807) is 12.1 Å². The Labute approximate surface area is 133 Å². The zero-order valence-corrected chi connectivity index (χ0v) is 12.3. The molecule has 0 atom stereocenters. The van der Waals surface area contributed by atoms with Gasteiger partial charge in [0.05, 0.1) is 5.69 Å². The summed E-state index contributed by atoms with van der Waals surface area (Å²) in [6, 6.07) is 9.97. The highest BCUT2D eigenvalue weighted by molar-refractivity contribution is 7.08. The molecule has 3 rings (SSSR count). The van der Waals surface area contributed by atoms with Crippen molar-refractivity contribution in [3.63, 3.8) is 0 Å². The minimum Gasteiger partial charge on any atom is -0.321 e. The van der Waals surface area contributed by atoms with Crippen LogP contribution in [-0.4, -0.2) is 10.3 Å². The van der Waals surface area contributed by atoms with E-state index in [2.05, 4.69) is 9.69 Å². The normalized spacial score (nSPS) is 10.6. The Morgan fingerprint density at radius 1 is 0.913 bits per heavy atom. The van der Waals surface area contributed by atoms with Crippen molar-refractivity contribution in [1.29, 1.82) is 0 Å². The molecular formula is C16H9F3N2OS. The zero-order valence-electron chi connectivity index (χ0n) is 11.5. The first kappa shape index (κ1) is 15.2. The first-order chi connectivity index (χ1) is 11.0. The minimum atomic E-state index is -0.781. The lowest BCUT2D eigenvalue weighted by Gasteiger charge is -2.03. The maximum absolute atomic E-state index is 13.1. The number of anilines is 1. The molecule has 1 heterocycles. The molecule has 1 N–H and O–H groups in total. The van der Waals surface area contributed by atoms with E-state index >= 15 is 0 Å². The van der Waals surface area contributed by atoms with Gasteiger partial charge in [-0.3, -0.25) is 4.79 Å². The quantitative estimate of drug-likeness (QED) is 0.767. The van der Waals surface area contributed by atoms with Gasteiger partial charge in [-0.2, -0.15) is 4.37 Å². The number of halogens is 3. The number of hydrogen-bond donors (Lipinski definition) is 1. The van der Waals surface area contributed by atoms with Gasteiger partial charge < -0.3 is 5.32 Å². The Kier molecular flexibility index (Phi) is 4.12. The second-order valence-corrected chi connectivity index (χ2v) is 5.50. The highest BCUT2D eigenvalue weighted by Gasteiger charge is 2.13. The number of rotatable bonds is 3. The molecule has 3 nitrogen and oxygen atoms in total. The van der Waals surface area contributed by atoms with Gasteiger partial charge in [-0.25, -0.2) is 13.2 Å². The maximum Gasteiger partial charge on any atom is 0.267 e. The third kappa shape index (κ3) is 3.57. The molecule has 0 aliphatic heterocycles. The molecule has 7 heteroatoms. The highest BCUT2D eigenvalue weighted by Crippen LogP contribution is 2.23. The summed E-state index contributed by atoms with van der Waals surface area (Å²) in [6.45, 7) is 0. The van der Waals surface area contributed by atoms with Gasteiger partial charge in [0, 0.05) is 17.3 Å². The summed E-state index contributed by atoms with van der Waals surface area (Å²) in [6.07, 6.45) is 0. The van der Waals surface area contributed by atoms with Gasteiger partial charge in [0.15, 0.2) is 0 Å². The van der Waals surface area contributed by atoms with Crippen LogP contribution in [0.4, 0.5) is 18.9 Å². The van der Waals surface area contributed by atoms with Gasteiger partial charge in [0.2, 0.25) is 0 Å². The van der Waals surface area contributed by atoms with E-state index in [1.165, 1.54) is 18.2 Å². The molecular weight excluding hydrogens is 325 g/mol. The minimum absolute atomic E-state index is 0.0178. The summed E-state index contributed by atoms with van der Waals surface area (Å²) in [5, 5.41) is 2.41. The SMILES string of the molecule is O=C(Nc1cc(F)cc(F)c1)c1cc(-c2ccc(F)cc2)ns1. The van der Waals surface area contributed by atoms with E-state index in [0.717, 1.165) is 29.7 Å². The summed E-state index contributed by atoms with van der Waals surface area (Å²) < 4.78 is 43.2. The van der Waals surface area contributed by atoms with Crippen LogP contribution < -0.4 is 5.32 Å². The average Bonchev–Trinajstić information content (AvgIpc) is 2.97. The van der Waals surface area contributed by atoms with Crippen molar-refractivity contribution < 1.29 is 18.0 Å². The molecule has 23 heavy (non-hydrogen) atoms. The molecule has 1 aromatic heterocycles. The molecule has 0 spiro atoms. The van der Waals surface area contributed by atoms with Crippen LogP contribution in [0.2, 0.25) is 0 Å². The van der Waals surface area contributed by atoms with Crippen molar-refractivity contribution in [2.24, 2.45) is 0 Å². The van der Waals surface area contributed by atoms with Crippen LogP contribution in [-0.2, 0) is 0 Å². The van der Waals surface area contributed by atoms with Gasteiger partial charge in [-0.15, -0.1) is 0 Å². The number of aromatic nitrogens is 1. The van der Waals surface area contributed by atoms with Crippen molar-refractivity contribution in [3.05, 3.63) is 70.9 Å². The number of nitrogens with one attached hydrogen (secondary N) is 1. The number of benzene rings is 2. The van der Waals surface area contributed by atoms with Crippen LogP contribution in [0, 0.1) is 17.5 Å². The third-order valence-corrected chi connectivity index (χ3v) is 3.78. The van der Waals surface area contributed by atoms with E-state index in [0.29, 0.717) is 11.3 Å². The number of hydrogen-bond acceptors (Lipinski definition) is 3. The highest BCUT2D eigenvalue weighted by atomic mass is 32.1. The van der Waals surface area contributed by atoms with E-state index in [9.17, 15) is 18.0 Å². The lowest BCUT2D eigenvalue weighted by atomic mass is 10.1. The van der Waals surface area contributed by atoms with Crippen LogP contribution in [0.15, 0.2) is 48.5 Å². The van der Waals surface area contributed by atoms with Crippen molar-refractivity contribution in [1.82, 2.24) is 4.37 Å². The molecule has 0 radical (unpaired) electrons. The first-order valence-electron chi connectivity index (χ1n) is 6.51. The Morgan fingerprint density at radius 3 is 2.22 bits per heavy atom. The standard InChI is InChI=1S/C16H9F3N2OS/c17-10-3-1-9(2-4-10)14-8-15(23-21-14)16(22)20-13-6-11(18)5-12(19)7-13/h1-8H,(H,20,22). The van der Waals surface area contributed by atoms with Crippen molar-refractivity contribution in [3.8, 4) is 11.3 Å². The monoisotopic (exact) mass is 334 g/mol. The molecule has 0 saturated heterocycles. The fraction of sp³-hybridized carbons (Fsp3) is 0. The van der Waals surface area contributed by atoms with Gasteiger partial charge >= 0.3 is 0 Å². The van der Waals surface area contributed by atoms with Gasteiger partial charge in [-0.1, -0.05) is 0 Å². The van der Waals surface area contributed by atoms with Crippen LogP contribution in [0.5, 0.6) is 0 Å². The van der Waals surface area contributed by atoms with E-state index in [1.807, 2.05) is 0 Å². The average molecular weight is 334 g/mol. The molecule has 3 aromatic rings. The summed E-state index contributed by atoms with van der Waals surface area (Å²) in [5.41, 5.74) is 1.20. The number of carbonyl (C=O) groups is 1. The molecule has 0 aliphatic carbocycles. The fourth-order valence-corrected chi connectivity index (χ4v) is 2.61. The lowest BCUT2D eigenvalue weighted by molar-refractivity contribution is 0.103. The fourth-order valence-electron chi connectivity index (χ4n) is 1.96. The van der Waals surface area contributed by atoms with Crippen molar-refractivity contribution in [2.75, 3.05) is 5.32 Å². The number of amides is 1. The van der Waals surface area contributed by atoms with E-state index in [4.69, 9.17) is 0 Å². The van der Waals surface area contributed by atoms with Crippen LogP contribution >= 0.6 is 11.5 Å². The molecule has 1 amide bonds. The van der Waals surface area contributed by atoms with Gasteiger partial charge in [-0.05, 0) is 54.0 Å². The molecule has 0 aliphatic rings. The Balaban J connectivity index is 1.79. The predicted octanol–water partition coefficient (Wildman–Crippen LogP) is 4.48. The molecule has 0 unspecified atom stereocenters. The van der Waals surface area contributed by atoms with Crippen LogP contribution in [0.25, 0.3) is 11.3 Å². The maximum atomic E-state index is 13.1. The Bertz CT molecular complexity index is 842. The molecule has 0 bridgehead atoms. The van der Waals surface area contributed by atoms with E-state index < -0.39 is 17.5 Å². The number of carbonyl (C=O) groups excluding carboxylic acids is 1. The molecule has 0 fully saturated rings. The van der Waals surface area contributed by atoms with Crippen molar-refractivity contribution >= 4 is 23.1 Å². The Morgan fingerprint density at radius 2 is 1.57 bits per heavy atom. The molecule has 2 aromatic carbocycles. The van der Waals surface area contributed by atoms with Crippen LogP contribution in [0.3, 0.4) is 0 Å². The van der Waals surface area contributed by atoms with Gasteiger partial charge in [0.25, 0.3) is 5.91 Å². The second-order valence-electron chi connectivity index (χ2n) is 4.70. The zero-order chi connectivity index (χ0) is 16.4. The summed E-state index contributed by atoms with van der Waals surface area (Å²) in [5.74, 6) is -2.45. The smallest absolute Gasteiger partial charge is 0.267 e. The van der Waals surface area contributed by atoms with Crippen molar-refractivity contribution in [2.45, 2.75) is 0 Å². The lowest BCUT2D eigenvalue weighted by Crippen LogP contribution is -2.10. The summed E-state index contributed by atoms with van der Waals surface area (Å²) in [4.78, 5) is 12.4. The predicted molar refractivity (Wildman–Crippen MR) is 81.8 cm³/mol. The number of nitrogens with zero attached hydrogens (tertiary/aromatic N) is 1. The topological polar surface area (TPSA) is 42.0 Å². The first-order valence-corrected chi connectivity index (χ1v) is 7.29. The largest absolute Gasteiger partial charge is 0.321 e. The van der Waals surface area contributed by atoms with Gasteiger partial charge in [0.1, 0.15) is 22.3 Å². The second kappa shape index (κ2) is 6.21. The Hall–Kier alpha value is -2.67.